The maximum Gasteiger partial charge on any atom is 0.252 e. The molecule has 1 aromatic rings. The number of aromatic nitrogens is 2. The van der Waals surface area contributed by atoms with E-state index in [1.165, 1.54) is 0 Å². The number of amides is 1. The van der Waals surface area contributed by atoms with Crippen LogP contribution < -0.4 is 5.73 Å². The van der Waals surface area contributed by atoms with Crippen molar-refractivity contribution < 1.29 is 9.90 Å². The van der Waals surface area contributed by atoms with Crippen molar-refractivity contribution in [2.75, 3.05) is 0 Å². The van der Waals surface area contributed by atoms with Crippen LogP contribution in [0.15, 0.2) is 6.20 Å². The van der Waals surface area contributed by atoms with Gasteiger partial charge in [0.1, 0.15) is 5.60 Å². The van der Waals surface area contributed by atoms with E-state index in [0.29, 0.717) is 30.2 Å². The maximum atomic E-state index is 11.5. The second kappa shape index (κ2) is 4.35. The SMILES string of the molecule is C#CC1(O)CC2CC(c3nn(C)cc3C(N)=O)CC2C1. The lowest BCUT2D eigenvalue weighted by Crippen LogP contribution is -2.23. The molecule has 0 aromatic carbocycles. The fourth-order valence-electron chi connectivity index (χ4n) is 4.00. The Labute approximate surface area is 118 Å². The van der Waals surface area contributed by atoms with Crippen LogP contribution >= 0.6 is 0 Å². The molecule has 20 heavy (non-hydrogen) atoms. The minimum absolute atomic E-state index is 0.246. The van der Waals surface area contributed by atoms with Crippen molar-refractivity contribution in [1.29, 1.82) is 0 Å². The highest BCUT2D eigenvalue weighted by atomic mass is 16.3. The minimum Gasteiger partial charge on any atom is -0.378 e. The molecule has 2 saturated carbocycles. The van der Waals surface area contributed by atoms with E-state index in [1.807, 2.05) is 0 Å². The molecule has 0 spiro atoms. The number of nitrogens with zero attached hydrogens (tertiary/aromatic N) is 2. The Bertz CT molecular complexity index is 585. The van der Waals surface area contributed by atoms with Crippen LogP contribution in [0.4, 0.5) is 0 Å². The van der Waals surface area contributed by atoms with Crippen LogP contribution in [0.5, 0.6) is 0 Å². The lowest BCUT2D eigenvalue weighted by molar-refractivity contribution is 0.0977. The van der Waals surface area contributed by atoms with Gasteiger partial charge in [-0.3, -0.25) is 9.48 Å². The molecule has 0 aliphatic heterocycles. The number of terminal acetylenes is 1. The van der Waals surface area contributed by atoms with Gasteiger partial charge in [0.25, 0.3) is 5.91 Å². The van der Waals surface area contributed by atoms with Crippen molar-refractivity contribution in [3.63, 3.8) is 0 Å². The van der Waals surface area contributed by atoms with Gasteiger partial charge in [-0.25, -0.2) is 0 Å². The zero-order valence-electron chi connectivity index (χ0n) is 11.5. The second-order valence-electron chi connectivity index (χ2n) is 6.24. The maximum absolute atomic E-state index is 11.5. The lowest BCUT2D eigenvalue weighted by atomic mass is 9.92. The molecule has 1 heterocycles. The van der Waals surface area contributed by atoms with Gasteiger partial charge in [-0.2, -0.15) is 5.10 Å². The van der Waals surface area contributed by atoms with E-state index in [4.69, 9.17) is 12.2 Å². The fraction of sp³-hybridized carbons (Fsp3) is 0.600. The van der Waals surface area contributed by atoms with Crippen LogP contribution in [0.25, 0.3) is 0 Å². The summed E-state index contributed by atoms with van der Waals surface area (Å²) in [7, 11) is 1.79. The summed E-state index contributed by atoms with van der Waals surface area (Å²) in [5, 5.41) is 14.6. The summed E-state index contributed by atoms with van der Waals surface area (Å²) < 4.78 is 1.64. The molecule has 3 rings (SSSR count). The smallest absolute Gasteiger partial charge is 0.252 e. The van der Waals surface area contributed by atoms with Crippen LogP contribution in [-0.4, -0.2) is 26.4 Å². The third-order valence-corrected chi connectivity index (χ3v) is 4.82. The topological polar surface area (TPSA) is 81.1 Å². The summed E-state index contributed by atoms with van der Waals surface area (Å²) >= 11 is 0. The zero-order valence-corrected chi connectivity index (χ0v) is 11.5. The molecular formula is C15H19N3O2. The molecule has 5 nitrogen and oxygen atoms in total. The van der Waals surface area contributed by atoms with Crippen molar-refractivity contribution in [3.8, 4) is 12.3 Å². The Hall–Kier alpha value is -1.80. The minimum atomic E-state index is -0.934. The predicted octanol–water partition coefficient (Wildman–Crippen LogP) is 0.787. The summed E-state index contributed by atoms with van der Waals surface area (Å²) in [5.74, 6) is 3.18. The van der Waals surface area contributed by atoms with Crippen LogP contribution in [-0.2, 0) is 7.05 Å². The molecule has 1 amide bonds. The number of primary amides is 1. The molecule has 2 aliphatic rings. The third-order valence-electron chi connectivity index (χ3n) is 4.82. The first-order chi connectivity index (χ1) is 9.42. The third kappa shape index (κ3) is 2.01. The molecule has 1 aromatic heterocycles. The lowest BCUT2D eigenvalue weighted by Gasteiger charge is -2.18. The molecule has 0 bridgehead atoms. The molecule has 2 atom stereocenters. The number of carbonyl (C=O) groups excluding carboxylic acids is 1. The van der Waals surface area contributed by atoms with E-state index >= 15 is 0 Å². The van der Waals surface area contributed by atoms with Crippen molar-refractivity contribution in [1.82, 2.24) is 9.78 Å². The highest BCUT2D eigenvalue weighted by Crippen LogP contribution is 2.53. The number of nitrogens with two attached hydrogens (primary N) is 1. The van der Waals surface area contributed by atoms with Gasteiger partial charge in [0.15, 0.2) is 0 Å². The van der Waals surface area contributed by atoms with E-state index in [0.717, 1.165) is 18.5 Å². The Morgan fingerprint density at radius 2 is 2.15 bits per heavy atom. The molecule has 3 N–H and O–H groups in total. The molecule has 5 heteroatoms. The summed E-state index contributed by atoms with van der Waals surface area (Å²) in [4.78, 5) is 11.5. The zero-order chi connectivity index (χ0) is 14.5. The van der Waals surface area contributed by atoms with Gasteiger partial charge < -0.3 is 10.8 Å². The average molecular weight is 273 g/mol. The molecule has 2 unspecified atom stereocenters. The Morgan fingerprint density at radius 1 is 1.55 bits per heavy atom. The fourth-order valence-corrected chi connectivity index (χ4v) is 4.00. The molecule has 0 radical (unpaired) electrons. The number of hydrogen-bond acceptors (Lipinski definition) is 3. The van der Waals surface area contributed by atoms with Crippen molar-refractivity contribution in [2.45, 2.75) is 37.2 Å². The average Bonchev–Trinajstić information content (AvgIpc) is 3.00. The summed E-state index contributed by atoms with van der Waals surface area (Å²) in [5.41, 5.74) is 5.81. The first-order valence-electron chi connectivity index (χ1n) is 6.95. The number of aliphatic hydroxyl groups is 1. The van der Waals surface area contributed by atoms with Crippen LogP contribution in [0, 0.1) is 24.2 Å². The van der Waals surface area contributed by atoms with Gasteiger partial charge in [0.05, 0.1) is 11.3 Å². The summed E-state index contributed by atoms with van der Waals surface area (Å²) in [6.07, 6.45) is 10.2. The van der Waals surface area contributed by atoms with Crippen molar-refractivity contribution in [2.24, 2.45) is 24.6 Å². The number of rotatable bonds is 2. The van der Waals surface area contributed by atoms with Gasteiger partial charge in [-0.1, -0.05) is 5.92 Å². The predicted molar refractivity (Wildman–Crippen MR) is 73.7 cm³/mol. The van der Waals surface area contributed by atoms with E-state index in [1.54, 1.807) is 17.9 Å². The van der Waals surface area contributed by atoms with Crippen LogP contribution in [0.1, 0.15) is 47.7 Å². The quantitative estimate of drug-likeness (QED) is 0.782. The van der Waals surface area contributed by atoms with Crippen LogP contribution in [0.3, 0.4) is 0 Å². The van der Waals surface area contributed by atoms with Crippen molar-refractivity contribution >= 4 is 5.91 Å². The van der Waals surface area contributed by atoms with Crippen LogP contribution in [0.2, 0.25) is 0 Å². The van der Waals surface area contributed by atoms with Gasteiger partial charge >= 0.3 is 0 Å². The Kier molecular flexibility index (Phi) is 2.87. The van der Waals surface area contributed by atoms with Gasteiger partial charge in [0.2, 0.25) is 0 Å². The van der Waals surface area contributed by atoms with E-state index in [9.17, 15) is 9.90 Å². The summed E-state index contributed by atoms with van der Waals surface area (Å²) in [6, 6.07) is 0. The standard InChI is InChI=1S/C15H19N3O2/c1-3-15(20)6-10-4-9(5-11(10)7-15)13-12(14(16)19)8-18(2)17-13/h1,8-11,20H,4-7H2,2H3,(H2,16,19). The molecule has 106 valence electrons. The Balaban J connectivity index is 1.81. The number of carbonyl (C=O) groups is 1. The second-order valence-corrected chi connectivity index (χ2v) is 6.24. The molecule has 2 fully saturated rings. The number of fused-ring (bicyclic) bond motifs is 1. The Morgan fingerprint density at radius 3 is 2.65 bits per heavy atom. The van der Waals surface area contributed by atoms with Gasteiger partial charge in [0, 0.05) is 19.2 Å². The largest absolute Gasteiger partial charge is 0.378 e. The molecule has 2 aliphatic carbocycles. The highest BCUT2D eigenvalue weighted by Gasteiger charge is 2.49. The normalized spacial score (nSPS) is 35.8. The molecular weight excluding hydrogens is 254 g/mol. The highest BCUT2D eigenvalue weighted by molar-refractivity contribution is 5.93. The van der Waals surface area contributed by atoms with Crippen molar-refractivity contribution in [3.05, 3.63) is 17.5 Å². The monoisotopic (exact) mass is 273 g/mol. The van der Waals surface area contributed by atoms with Gasteiger partial charge in [-0.15, -0.1) is 6.42 Å². The summed E-state index contributed by atoms with van der Waals surface area (Å²) in [6.45, 7) is 0. The molecule has 0 saturated heterocycles. The van der Waals surface area contributed by atoms with E-state index in [2.05, 4.69) is 11.0 Å². The van der Waals surface area contributed by atoms with Gasteiger partial charge in [-0.05, 0) is 37.5 Å². The number of aryl methyl sites for hydroxylation is 1. The number of hydrogen-bond donors (Lipinski definition) is 2. The van der Waals surface area contributed by atoms with E-state index in [-0.39, 0.29) is 5.92 Å². The first kappa shape index (κ1) is 13.2. The first-order valence-corrected chi connectivity index (χ1v) is 6.95. The van der Waals surface area contributed by atoms with E-state index < -0.39 is 11.5 Å².